The molecule has 1 amide bonds. The van der Waals surface area contributed by atoms with Crippen LogP contribution >= 0.6 is 0 Å². The summed E-state index contributed by atoms with van der Waals surface area (Å²) in [4.78, 5) is 16.0. The number of rotatable bonds is 4. The quantitative estimate of drug-likeness (QED) is 0.800. The van der Waals surface area contributed by atoms with Gasteiger partial charge in [-0.15, -0.1) is 0 Å². The summed E-state index contributed by atoms with van der Waals surface area (Å²) in [6.45, 7) is 0.241. The lowest BCUT2D eigenvalue weighted by molar-refractivity contribution is 0.0946. The zero-order chi connectivity index (χ0) is 14.2. The highest BCUT2D eigenvalue weighted by molar-refractivity contribution is 5.96. The number of aliphatic hydroxyl groups is 1. The van der Waals surface area contributed by atoms with Crippen molar-refractivity contribution in [2.45, 2.75) is 13.0 Å². The fraction of sp³-hybridized carbons (Fsp3) is 0.214. The topological polar surface area (TPSA) is 88.3 Å². The Morgan fingerprint density at radius 3 is 3.05 bits per heavy atom. The van der Waals surface area contributed by atoms with E-state index in [-0.39, 0.29) is 19.1 Å². The zero-order valence-electron chi connectivity index (χ0n) is 10.7. The van der Waals surface area contributed by atoms with E-state index in [1.54, 1.807) is 12.1 Å². The predicted molar refractivity (Wildman–Crippen MR) is 70.5 cm³/mol. The van der Waals surface area contributed by atoms with Gasteiger partial charge in [-0.2, -0.15) is 0 Å². The number of amides is 1. The van der Waals surface area contributed by atoms with Crippen LogP contribution in [-0.2, 0) is 6.54 Å². The molecule has 2 N–H and O–H groups in total. The van der Waals surface area contributed by atoms with Gasteiger partial charge in [0.15, 0.2) is 5.76 Å². The molecule has 2 aromatic heterocycles. The van der Waals surface area contributed by atoms with Crippen LogP contribution in [0.5, 0.6) is 0 Å². The van der Waals surface area contributed by atoms with Gasteiger partial charge in [-0.05, 0) is 6.07 Å². The maximum absolute atomic E-state index is 12.1. The van der Waals surface area contributed by atoms with Gasteiger partial charge in [0.2, 0.25) is 0 Å². The average molecular weight is 271 g/mol. The molecule has 0 aliphatic carbocycles. The largest absolute Gasteiger partial charge is 0.395 e. The third-order valence-electron chi connectivity index (χ3n) is 2.44. The van der Waals surface area contributed by atoms with Gasteiger partial charge in [-0.25, -0.2) is 0 Å². The lowest BCUT2D eigenvalue weighted by Gasteiger charge is -2.04. The van der Waals surface area contributed by atoms with Crippen LogP contribution in [0.25, 0.3) is 0 Å². The number of hydrogen-bond acceptors (Lipinski definition) is 5. The predicted octanol–water partition coefficient (Wildman–Crippen LogP) is 0.734. The fourth-order valence-corrected chi connectivity index (χ4v) is 1.50. The van der Waals surface area contributed by atoms with E-state index in [0.717, 1.165) is 0 Å². The molecule has 0 fully saturated rings. The van der Waals surface area contributed by atoms with Crippen molar-refractivity contribution in [1.82, 2.24) is 15.5 Å². The molecule has 0 radical (unpaired) electrons. The SMILES string of the molecule is O=C(NCc1ccno1)c1ccncc1C#CCCO. The number of aromatic nitrogens is 2. The number of hydrogen-bond donors (Lipinski definition) is 2. The van der Waals surface area contributed by atoms with Gasteiger partial charge in [-0.1, -0.05) is 17.0 Å². The molecule has 2 heterocycles. The van der Waals surface area contributed by atoms with Crippen molar-refractivity contribution >= 4 is 5.91 Å². The van der Waals surface area contributed by atoms with Gasteiger partial charge in [0.05, 0.1) is 30.5 Å². The second-order valence-corrected chi connectivity index (χ2v) is 3.86. The minimum Gasteiger partial charge on any atom is -0.395 e. The minimum absolute atomic E-state index is 0.0136. The van der Waals surface area contributed by atoms with E-state index in [0.29, 0.717) is 23.3 Å². The van der Waals surface area contributed by atoms with E-state index in [9.17, 15) is 4.79 Å². The highest BCUT2D eigenvalue weighted by Crippen LogP contribution is 2.06. The van der Waals surface area contributed by atoms with Crippen molar-refractivity contribution in [1.29, 1.82) is 0 Å². The second kappa shape index (κ2) is 7.07. The van der Waals surface area contributed by atoms with Crippen molar-refractivity contribution < 1.29 is 14.4 Å². The fourth-order valence-electron chi connectivity index (χ4n) is 1.50. The molecule has 0 saturated heterocycles. The Morgan fingerprint density at radius 2 is 2.30 bits per heavy atom. The molecule has 0 aliphatic heterocycles. The molecular weight excluding hydrogens is 258 g/mol. The van der Waals surface area contributed by atoms with Crippen LogP contribution in [0, 0.1) is 11.8 Å². The molecule has 0 saturated carbocycles. The molecule has 0 aromatic carbocycles. The molecule has 2 aromatic rings. The Balaban J connectivity index is 2.07. The first-order chi connectivity index (χ1) is 9.81. The average Bonchev–Trinajstić information content (AvgIpc) is 2.99. The van der Waals surface area contributed by atoms with Crippen molar-refractivity contribution in [3.05, 3.63) is 47.6 Å². The Kier molecular flexibility index (Phi) is 4.87. The molecule has 0 aliphatic rings. The Morgan fingerprint density at radius 1 is 1.40 bits per heavy atom. The van der Waals surface area contributed by atoms with Crippen molar-refractivity contribution in [3.63, 3.8) is 0 Å². The Hall–Kier alpha value is -2.65. The highest BCUT2D eigenvalue weighted by Gasteiger charge is 2.10. The van der Waals surface area contributed by atoms with Crippen molar-refractivity contribution in [3.8, 4) is 11.8 Å². The summed E-state index contributed by atoms with van der Waals surface area (Å²) in [6, 6.07) is 3.27. The first-order valence-corrected chi connectivity index (χ1v) is 6.02. The number of pyridine rings is 1. The second-order valence-electron chi connectivity index (χ2n) is 3.86. The van der Waals surface area contributed by atoms with E-state index in [2.05, 4.69) is 27.3 Å². The van der Waals surface area contributed by atoms with Crippen LogP contribution < -0.4 is 5.32 Å². The summed E-state index contributed by atoms with van der Waals surface area (Å²) in [7, 11) is 0. The van der Waals surface area contributed by atoms with Crippen LogP contribution in [-0.4, -0.2) is 27.8 Å². The first-order valence-electron chi connectivity index (χ1n) is 6.02. The van der Waals surface area contributed by atoms with Crippen molar-refractivity contribution in [2.24, 2.45) is 0 Å². The van der Waals surface area contributed by atoms with Gasteiger partial charge in [0.1, 0.15) is 0 Å². The summed E-state index contributed by atoms with van der Waals surface area (Å²) in [5.74, 6) is 5.89. The number of carbonyl (C=O) groups is 1. The third kappa shape index (κ3) is 3.67. The standard InChI is InChI=1S/C14H13N3O3/c18-8-2-1-3-11-9-15-6-5-13(11)14(19)16-10-12-4-7-17-20-12/h4-7,9,18H,2,8,10H2,(H,16,19). The van der Waals surface area contributed by atoms with E-state index in [4.69, 9.17) is 9.63 Å². The summed E-state index contributed by atoms with van der Waals surface area (Å²) in [6.07, 6.45) is 4.92. The van der Waals surface area contributed by atoms with Gasteiger partial charge in [0, 0.05) is 24.9 Å². The van der Waals surface area contributed by atoms with Crippen molar-refractivity contribution in [2.75, 3.05) is 6.61 Å². The summed E-state index contributed by atoms with van der Waals surface area (Å²) < 4.78 is 4.90. The van der Waals surface area contributed by atoms with Crippen LogP contribution in [0.15, 0.2) is 35.2 Å². The molecular formula is C14H13N3O3. The Labute approximate surface area is 115 Å². The molecule has 0 spiro atoms. The highest BCUT2D eigenvalue weighted by atomic mass is 16.5. The molecule has 6 heteroatoms. The van der Waals surface area contributed by atoms with E-state index >= 15 is 0 Å². The monoisotopic (exact) mass is 271 g/mol. The molecule has 0 atom stereocenters. The molecule has 20 heavy (non-hydrogen) atoms. The molecule has 0 unspecified atom stereocenters. The third-order valence-corrected chi connectivity index (χ3v) is 2.44. The van der Waals surface area contributed by atoms with Crippen LogP contribution in [0.4, 0.5) is 0 Å². The number of nitrogens with zero attached hydrogens (tertiary/aromatic N) is 2. The molecule has 0 bridgehead atoms. The van der Waals surface area contributed by atoms with Gasteiger partial charge in [0.25, 0.3) is 5.91 Å². The van der Waals surface area contributed by atoms with Gasteiger partial charge in [-0.3, -0.25) is 9.78 Å². The number of aliphatic hydroxyl groups excluding tert-OH is 1. The zero-order valence-corrected chi connectivity index (χ0v) is 10.7. The van der Waals surface area contributed by atoms with E-state index < -0.39 is 0 Å². The molecule has 6 nitrogen and oxygen atoms in total. The van der Waals surface area contributed by atoms with Crippen LogP contribution in [0.2, 0.25) is 0 Å². The van der Waals surface area contributed by atoms with Crippen LogP contribution in [0.1, 0.15) is 28.1 Å². The Bertz CT molecular complexity index is 627. The van der Waals surface area contributed by atoms with E-state index in [1.807, 2.05) is 0 Å². The molecule has 2 rings (SSSR count). The molecule has 102 valence electrons. The lowest BCUT2D eigenvalue weighted by Crippen LogP contribution is -2.23. The van der Waals surface area contributed by atoms with E-state index in [1.165, 1.54) is 18.6 Å². The van der Waals surface area contributed by atoms with Gasteiger partial charge < -0.3 is 14.9 Å². The number of carbonyl (C=O) groups excluding carboxylic acids is 1. The first kappa shape index (κ1) is 13.8. The minimum atomic E-state index is -0.267. The summed E-state index contributed by atoms with van der Waals surface area (Å²) in [5.41, 5.74) is 0.959. The summed E-state index contributed by atoms with van der Waals surface area (Å²) in [5, 5.41) is 15.0. The number of nitrogens with one attached hydrogen (secondary N) is 1. The summed E-state index contributed by atoms with van der Waals surface area (Å²) >= 11 is 0. The lowest BCUT2D eigenvalue weighted by atomic mass is 10.1. The normalized spacial score (nSPS) is 9.65. The maximum Gasteiger partial charge on any atom is 0.253 e. The van der Waals surface area contributed by atoms with Crippen LogP contribution in [0.3, 0.4) is 0 Å². The maximum atomic E-state index is 12.1. The smallest absolute Gasteiger partial charge is 0.253 e. The van der Waals surface area contributed by atoms with Gasteiger partial charge >= 0.3 is 0 Å².